The number of rotatable bonds is 6. The molecule has 1 fully saturated rings. The molecule has 3 rings (SSSR count). The van der Waals surface area contributed by atoms with Crippen molar-refractivity contribution in [2.24, 2.45) is 11.8 Å². The molecule has 146 valence electrons. The van der Waals surface area contributed by atoms with E-state index >= 15 is 0 Å². The van der Waals surface area contributed by atoms with Gasteiger partial charge in [-0.15, -0.1) is 0 Å². The molecule has 0 aliphatic carbocycles. The lowest BCUT2D eigenvalue weighted by molar-refractivity contribution is 0.0183. The summed E-state index contributed by atoms with van der Waals surface area (Å²) >= 11 is 0. The van der Waals surface area contributed by atoms with E-state index in [0.29, 0.717) is 11.5 Å². The zero-order valence-corrected chi connectivity index (χ0v) is 15.2. The van der Waals surface area contributed by atoms with Crippen LogP contribution in [0.1, 0.15) is 23.3 Å². The van der Waals surface area contributed by atoms with E-state index in [-0.39, 0.29) is 36.5 Å². The fourth-order valence-electron chi connectivity index (χ4n) is 3.66. The summed E-state index contributed by atoms with van der Waals surface area (Å²) in [4.78, 5) is 0. The molecule has 2 aromatic carbocycles. The Hall–Kier alpha value is -2.48. The molecule has 0 spiro atoms. The van der Waals surface area contributed by atoms with Crippen LogP contribution >= 0.6 is 0 Å². The van der Waals surface area contributed by atoms with Gasteiger partial charge in [0.15, 0.2) is 23.0 Å². The van der Waals surface area contributed by atoms with Crippen LogP contribution in [0.2, 0.25) is 0 Å². The van der Waals surface area contributed by atoms with Crippen LogP contribution in [0.25, 0.3) is 0 Å². The Morgan fingerprint density at radius 3 is 1.52 bits per heavy atom. The molecule has 0 saturated carbocycles. The van der Waals surface area contributed by atoms with Crippen molar-refractivity contribution in [3.05, 3.63) is 47.5 Å². The molecule has 0 amide bonds. The SMILES string of the molecule is COc1cc(C2OC(c3ccc(O)c(OC)c3)C(CO)C2CO)ccc1O. The normalized spacial score (nSPS) is 24.7. The van der Waals surface area contributed by atoms with E-state index in [4.69, 9.17) is 14.2 Å². The Balaban J connectivity index is 1.98. The van der Waals surface area contributed by atoms with Gasteiger partial charge >= 0.3 is 0 Å². The molecular weight excluding hydrogens is 352 g/mol. The summed E-state index contributed by atoms with van der Waals surface area (Å²) in [6.07, 6.45) is -0.988. The van der Waals surface area contributed by atoms with E-state index in [1.165, 1.54) is 26.4 Å². The van der Waals surface area contributed by atoms with Crippen LogP contribution < -0.4 is 9.47 Å². The average molecular weight is 376 g/mol. The number of methoxy groups -OCH3 is 2. The molecule has 1 saturated heterocycles. The number of hydrogen-bond acceptors (Lipinski definition) is 7. The second kappa shape index (κ2) is 8.04. The number of phenols is 2. The molecule has 2 aromatic rings. The molecule has 4 unspecified atom stereocenters. The van der Waals surface area contributed by atoms with Gasteiger partial charge in [0, 0.05) is 25.0 Å². The quantitative estimate of drug-likeness (QED) is 0.612. The van der Waals surface area contributed by atoms with Crippen LogP contribution in [0.4, 0.5) is 0 Å². The van der Waals surface area contributed by atoms with Gasteiger partial charge in [-0.05, 0) is 35.4 Å². The van der Waals surface area contributed by atoms with Gasteiger partial charge in [-0.2, -0.15) is 0 Å². The largest absolute Gasteiger partial charge is 0.504 e. The van der Waals surface area contributed by atoms with E-state index in [9.17, 15) is 20.4 Å². The Morgan fingerprint density at radius 2 is 1.19 bits per heavy atom. The van der Waals surface area contributed by atoms with Gasteiger partial charge in [-0.1, -0.05) is 12.1 Å². The topological polar surface area (TPSA) is 109 Å². The first-order valence-electron chi connectivity index (χ1n) is 8.65. The maximum absolute atomic E-state index is 9.95. The number of hydrogen-bond donors (Lipinski definition) is 4. The van der Waals surface area contributed by atoms with E-state index in [1.807, 2.05) is 0 Å². The van der Waals surface area contributed by atoms with E-state index in [1.54, 1.807) is 24.3 Å². The van der Waals surface area contributed by atoms with Gasteiger partial charge in [0.1, 0.15) is 0 Å². The lowest BCUT2D eigenvalue weighted by Gasteiger charge is -2.21. The lowest BCUT2D eigenvalue weighted by atomic mass is 9.83. The summed E-state index contributed by atoms with van der Waals surface area (Å²) in [5.41, 5.74) is 1.46. The van der Waals surface area contributed by atoms with Crippen molar-refractivity contribution in [1.82, 2.24) is 0 Å². The predicted octanol–water partition coefficient (Wildman–Crippen LogP) is 2.14. The van der Waals surface area contributed by atoms with Crippen molar-refractivity contribution >= 4 is 0 Å². The van der Waals surface area contributed by atoms with Gasteiger partial charge in [-0.25, -0.2) is 0 Å². The highest BCUT2D eigenvalue weighted by Gasteiger charge is 2.45. The summed E-state index contributed by atoms with van der Waals surface area (Å²) in [7, 11) is 2.92. The van der Waals surface area contributed by atoms with Gasteiger partial charge in [0.25, 0.3) is 0 Å². The van der Waals surface area contributed by atoms with Crippen molar-refractivity contribution in [2.75, 3.05) is 27.4 Å². The molecule has 1 aliphatic rings. The number of phenolic OH excluding ortho intramolecular Hbond substituents is 2. The standard InChI is InChI=1S/C20H24O7/c1-25-17-7-11(3-5-15(17)23)19-13(9-21)14(10-22)20(27-19)12-4-6-16(24)18(8-12)26-2/h3-8,13-14,19-24H,9-10H2,1-2H3. The van der Waals surface area contributed by atoms with Crippen LogP contribution in [0.15, 0.2) is 36.4 Å². The predicted molar refractivity (Wildman–Crippen MR) is 97.0 cm³/mol. The molecule has 4 atom stereocenters. The van der Waals surface area contributed by atoms with Crippen molar-refractivity contribution in [3.63, 3.8) is 0 Å². The third kappa shape index (κ3) is 3.53. The summed E-state index contributed by atoms with van der Waals surface area (Å²) in [5.74, 6) is -0.0640. The average Bonchev–Trinajstić information content (AvgIpc) is 3.07. The van der Waals surface area contributed by atoms with Crippen LogP contribution in [0, 0.1) is 11.8 Å². The molecule has 0 radical (unpaired) electrons. The minimum absolute atomic E-state index is 0.0123. The third-order valence-corrected chi connectivity index (χ3v) is 5.11. The second-order valence-corrected chi connectivity index (χ2v) is 6.53. The number of ether oxygens (including phenoxy) is 3. The summed E-state index contributed by atoms with van der Waals surface area (Å²) in [6, 6.07) is 9.76. The Kier molecular flexibility index (Phi) is 5.74. The summed E-state index contributed by atoms with van der Waals surface area (Å²) in [6.45, 7) is -0.352. The molecular formula is C20H24O7. The fraction of sp³-hybridized carbons (Fsp3) is 0.400. The highest BCUT2D eigenvalue weighted by molar-refractivity contribution is 5.44. The monoisotopic (exact) mass is 376 g/mol. The third-order valence-electron chi connectivity index (χ3n) is 5.11. The first kappa shape index (κ1) is 19.3. The molecule has 0 bridgehead atoms. The minimum Gasteiger partial charge on any atom is -0.504 e. The smallest absolute Gasteiger partial charge is 0.160 e. The van der Waals surface area contributed by atoms with Crippen molar-refractivity contribution in [1.29, 1.82) is 0 Å². The second-order valence-electron chi connectivity index (χ2n) is 6.53. The molecule has 7 heteroatoms. The molecule has 7 nitrogen and oxygen atoms in total. The van der Waals surface area contributed by atoms with Crippen LogP contribution in [0.5, 0.6) is 23.0 Å². The van der Waals surface area contributed by atoms with Crippen LogP contribution in [0.3, 0.4) is 0 Å². The maximum atomic E-state index is 9.95. The van der Waals surface area contributed by atoms with Gasteiger partial charge in [0.05, 0.1) is 26.4 Å². The van der Waals surface area contributed by atoms with Crippen molar-refractivity contribution < 1.29 is 34.6 Å². The molecule has 4 N–H and O–H groups in total. The minimum atomic E-state index is -0.494. The zero-order chi connectivity index (χ0) is 19.6. The maximum Gasteiger partial charge on any atom is 0.160 e. The molecule has 27 heavy (non-hydrogen) atoms. The number of aliphatic hydroxyl groups excluding tert-OH is 2. The first-order valence-corrected chi connectivity index (χ1v) is 8.65. The first-order chi connectivity index (χ1) is 13.0. The summed E-state index contributed by atoms with van der Waals surface area (Å²) < 4.78 is 16.5. The Bertz CT molecular complexity index is 726. The number of aromatic hydroxyl groups is 2. The molecule has 0 aromatic heterocycles. The van der Waals surface area contributed by atoms with Gasteiger partial charge in [0.2, 0.25) is 0 Å². The van der Waals surface area contributed by atoms with Crippen LogP contribution in [-0.4, -0.2) is 47.9 Å². The number of aliphatic hydroxyl groups is 2. The van der Waals surface area contributed by atoms with Gasteiger partial charge < -0.3 is 34.6 Å². The lowest BCUT2D eigenvalue weighted by Crippen LogP contribution is -2.23. The van der Waals surface area contributed by atoms with Gasteiger partial charge in [-0.3, -0.25) is 0 Å². The number of benzene rings is 2. The van der Waals surface area contributed by atoms with E-state index in [0.717, 1.165) is 11.1 Å². The molecule has 1 heterocycles. The highest BCUT2D eigenvalue weighted by atomic mass is 16.5. The summed E-state index contributed by atoms with van der Waals surface area (Å²) in [5, 5.41) is 39.5. The van der Waals surface area contributed by atoms with E-state index < -0.39 is 12.2 Å². The zero-order valence-electron chi connectivity index (χ0n) is 15.2. The van der Waals surface area contributed by atoms with Crippen molar-refractivity contribution in [2.45, 2.75) is 12.2 Å². The van der Waals surface area contributed by atoms with E-state index in [2.05, 4.69) is 0 Å². The Labute approximate surface area is 157 Å². The Morgan fingerprint density at radius 1 is 0.778 bits per heavy atom. The fourth-order valence-corrected chi connectivity index (χ4v) is 3.66. The highest BCUT2D eigenvalue weighted by Crippen LogP contribution is 2.50. The van der Waals surface area contributed by atoms with Crippen LogP contribution in [-0.2, 0) is 4.74 Å². The van der Waals surface area contributed by atoms with Crippen molar-refractivity contribution in [3.8, 4) is 23.0 Å². The molecule has 1 aliphatic heterocycles.